The highest BCUT2D eigenvalue weighted by molar-refractivity contribution is 4.93. The van der Waals surface area contributed by atoms with Crippen molar-refractivity contribution in [3.63, 3.8) is 0 Å². The van der Waals surface area contributed by atoms with Crippen LogP contribution in [0.25, 0.3) is 0 Å². The quantitative estimate of drug-likeness (QED) is 0.745. The summed E-state index contributed by atoms with van der Waals surface area (Å²) in [6.07, 6.45) is 6.37. The Labute approximate surface area is 107 Å². The summed E-state index contributed by atoms with van der Waals surface area (Å²) in [6, 6.07) is 0. The lowest BCUT2D eigenvalue weighted by Crippen LogP contribution is -2.59. The number of morpholine rings is 1. The molecule has 0 aromatic heterocycles. The van der Waals surface area contributed by atoms with Crippen LogP contribution in [-0.4, -0.2) is 42.8 Å². The Kier molecular flexibility index (Phi) is 6.45. The number of hydrogen-bond donors (Lipinski definition) is 1. The summed E-state index contributed by atoms with van der Waals surface area (Å²) in [5.74, 6) is 0. The molecule has 0 bridgehead atoms. The van der Waals surface area contributed by atoms with Gasteiger partial charge in [-0.2, -0.15) is 0 Å². The number of nitrogens with zero attached hydrogens (tertiary/aromatic N) is 1. The van der Waals surface area contributed by atoms with Crippen molar-refractivity contribution in [1.82, 2.24) is 4.90 Å². The Balaban J connectivity index is 2.73. The van der Waals surface area contributed by atoms with Crippen molar-refractivity contribution in [1.29, 1.82) is 0 Å². The molecule has 3 nitrogen and oxygen atoms in total. The fraction of sp³-hybridized carbons (Fsp3) is 1.00. The van der Waals surface area contributed by atoms with Gasteiger partial charge in [0.1, 0.15) is 0 Å². The zero-order valence-corrected chi connectivity index (χ0v) is 11.9. The summed E-state index contributed by atoms with van der Waals surface area (Å²) >= 11 is 0. The minimum absolute atomic E-state index is 0.223. The van der Waals surface area contributed by atoms with Crippen molar-refractivity contribution in [3.8, 4) is 0 Å². The molecule has 1 saturated heterocycles. The highest BCUT2D eigenvalue weighted by Gasteiger charge is 2.36. The Morgan fingerprint density at radius 2 is 1.88 bits per heavy atom. The van der Waals surface area contributed by atoms with Crippen LogP contribution in [0.5, 0.6) is 0 Å². The lowest BCUT2D eigenvalue weighted by molar-refractivity contribution is -0.0738. The van der Waals surface area contributed by atoms with E-state index in [1.54, 1.807) is 0 Å². The Bertz CT molecular complexity index is 202. The third-order valence-electron chi connectivity index (χ3n) is 4.08. The molecular formula is C14H30N2O. The SMILES string of the molecule is CCCC(CN)(CCC)N1CCOC(CC)C1. The predicted molar refractivity (Wildman–Crippen MR) is 73.2 cm³/mol. The van der Waals surface area contributed by atoms with Crippen molar-refractivity contribution >= 4 is 0 Å². The lowest BCUT2D eigenvalue weighted by Gasteiger charge is -2.47. The van der Waals surface area contributed by atoms with Crippen molar-refractivity contribution in [2.75, 3.05) is 26.2 Å². The number of hydrogen-bond acceptors (Lipinski definition) is 3. The first-order valence-electron chi connectivity index (χ1n) is 7.29. The first-order chi connectivity index (χ1) is 8.22. The smallest absolute Gasteiger partial charge is 0.0700 e. The maximum Gasteiger partial charge on any atom is 0.0700 e. The zero-order chi connectivity index (χ0) is 12.7. The van der Waals surface area contributed by atoms with E-state index in [0.29, 0.717) is 6.10 Å². The van der Waals surface area contributed by atoms with Gasteiger partial charge < -0.3 is 10.5 Å². The molecule has 0 aromatic carbocycles. The largest absolute Gasteiger partial charge is 0.376 e. The summed E-state index contributed by atoms with van der Waals surface area (Å²) in [5, 5.41) is 0. The van der Waals surface area contributed by atoms with Crippen LogP contribution in [-0.2, 0) is 4.74 Å². The van der Waals surface area contributed by atoms with Crippen molar-refractivity contribution < 1.29 is 4.74 Å². The molecule has 102 valence electrons. The molecule has 1 atom stereocenters. The van der Waals surface area contributed by atoms with Crippen LogP contribution in [0.3, 0.4) is 0 Å². The van der Waals surface area contributed by atoms with Gasteiger partial charge in [0, 0.05) is 25.2 Å². The van der Waals surface area contributed by atoms with Crippen molar-refractivity contribution in [2.24, 2.45) is 5.73 Å². The molecule has 0 aliphatic carbocycles. The third-order valence-corrected chi connectivity index (χ3v) is 4.08. The van der Waals surface area contributed by atoms with Gasteiger partial charge in [-0.3, -0.25) is 4.90 Å². The number of ether oxygens (including phenoxy) is 1. The molecule has 1 aliphatic rings. The molecule has 2 N–H and O–H groups in total. The Morgan fingerprint density at radius 1 is 1.24 bits per heavy atom. The van der Waals surface area contributed by atoms with Crippen LogP contribution < -0.4 is 5.73 Å². The van der Waals surface area contributed by atoms with E-state index in [-0.39, 0.29) is 5.54 Å². The average Bonchev–Trinajstić information content (AvgIpc) is 2.38. The van der Waals surface area contributed by atoms with Gasteiger partial charge in [0.2, 0.25) is 0 Å². The van der Waals surface area contributed by atoms with E-state index in [0.717, 1.165) is 32.7 Å². The fourth-order valence-corrected chi connectivity index (χ4v) is 3.10. The summed E-state index contributed by atoms with van der Waals surface area (Å²) in [6.45, 7) is 10.5. The monoisotopic (exact) mass is 242 g/mol. The zero-order valence-electron chi connectivity index (χ0n) is 11.9. The highest BCUT2D eigenvalue weighted by Crippen LogP contribution is 2.28. The molecule has 1 fully saturated rings. The van der Waals surface area contributed by atoms with Gasteiger partial charge in [-0.05, 0) is 19.3 Å². The van der Waals surface area contributed by atoms with Crippen LogP contribution in [0, 0.1) is 0 Å². The first kappa shape index (κ1) is 14.9. The second-order valence-electron chi connectivity index (χ2n) is 5.28. The van der Waals surface area contributed by atoms with Crippen LogP contribution in [0.15, 0.2) is 0 Å². The topological polar surface area (TPSA) is 38.5 Å². The molecule has 3 heteroatoms. The fourth-order valence-electron chi connectivity index (χ4n) is 3.10. The van der Waals surface area contributed by atoms with Gasteiger partial charge in [-0.15, -0.1) is 0 Å². The van der Waals surface area contributed by atoms with Crippen molar-refractivity contribution in [3.05, 3.63) is 0 Å². The van der Waals surface area contributed by atoms with E-state index in [2.05, 4.69) is 25.7 Å². The van der Waals surface area contributed by atoms with Crippen LogP contribution in [0.4, 0.5) is 0 Å². The van der Waals surface area contributed by atoms with E-state index in [1.165, 1.54) is 25.7 Å². The molecule has 17 heavy (non-hydrogen) atoms. The predicted octanol–water partition coefficient (Wildman–Crippen LogP) is 2.39. The molecule has 1 heterocycles. The molecule has 1 rings (SSSR count). The maximum absolute atomic E-state index is 6.12. The molecule has 0 aromatic rings. The number of rotatable bonds is 7. The van der Waals surface area contributed by atoms with Crippen molar-refractivity contribution in [2.45, 2.75) is 64.5 Å². The van der Waals surface area contributed by atoms with Gasteiger partial charge in [0.05, 0.1) is 12.7 Å². The molecule has 1 aliphatic heterocycles. The minimum atomic E-state index is 0.223. The van der Waals surface area contributed by atoms with E-state index in [1.807, 2.05) is 0 Å². The summed E-state index contributed by atoms with van der Waals surface area (Å²) in [5.41, 5.74) is 6.34. The highest BCUT2D eigenvalue weighted by atomic mass is 16.5. The molecule has 0 amide bonds. The minimum Gasteiger partial charge on any atom is -0.376 e. The lowest BCUT2D eigenvalue weighted by atomic mass is 9.86. The van der Waals surface area contributed by atoms with E-state index >= 15 is 0 Å². The van der Waals surface area contributed by atoms with Gasteiger partial charge >= 0.3 is 0 Å². The molecule has 0 spiro atoms. The van der Waals surface area contributed by atoms with Gasteiger partial charge in [-0.1, -0.05) is 33.6 Å². The number of nitrogens with two attached hydrogens (primary N) is 1. The summed E-state index contributed by atoms with van der Waals surface area (Å²) in [4.78, 5) is 2.61. The van der Waals surface area contributed by atoms with E-state index in [4.69, 9.17) is 10.5 Å². The molecule has 1 unspecified atom stereocenters. The van der Waals surface area contributed by atoms with E-state index in [9.17, 15) is 0 Å². The normalized spacial score (nSPS) is 22.9. The van der Waals surface area contributed by atoms with Gasteiger partial charge in [0.25, 0.3) is 0 Å². The average molecular weight is 242 g/mol. The van der Waals surface area contributed by atoms with E-state index < -0.39 is 0 Å². The van der Waals surface area contributed by atoms with Gasteiger partial charge in [-0.25, -0.2) is 0 Å². The first-order valence-corrected chi connectivity index (χ1v) is 7.29. The van der Waals surface area contributed by atoms with Gasteiger partial charge in [0.15, 0.2) is 0 Å². The maximum atomic E-state index is 6.12. The Morgan fingerprint density at radius 3 is 2.35 bits per heavy atom. The molecular weight excluding hydrogens is 212 g/mol. The second kappa shape index (κ2) is 7.34. The summed E-state index contributed by atoms with van der Waals surface area (Å²) < 4.78 is 5.77. The molecule has 0 radical (unpaired) electrons. The van der Waals surface area contributed by atoms with Crippen LogP contribution in [0.2, 0.25) is 0 Å². The Hall–Kier alpha value is -0.120. The van der Waals surface area contributed by atoms with Crippen LogP contribution in [0.1, 0.15) is 52.9 Å². The summed E-state index contributed by atoms with van der Waals surface area (Å²) in [7, 11) is 0. The molecule has 0 saturated carbocycles. The third kappa shape index (κ3) is 3.67. The van der Waals surface area contributed by atoms with Crippen LogP contribution >= 0.6 is 0 Å². The standard InChI is InChI=1S/C14H30N2O/c1-4-7-14(12-15,8-5-2)16-9-10-17-13(6-3)11-16/h13H,4-12,15H2,1-3H3. The second-order valence-corrected chi connectivity index (χ2v) is 5.28.